The Morgan fingerprint density at radius 3 is 2.61 bits per heavy atom. The van der Waals surface area contributed by atoms with E-state index in [-0.39, 0.29) is 17.9 Å². The summed E-state index contributed by atoms with van der Waals surface area (Å²) >= 11 is 1.37. The molecule has 7 heteroatoms. The van der Waals surface area contributed by atoms with Crippen LogP contribution in [-0.2, 0) is 9.53 Å². The summed E-state index contributed by atoms with van der Waals surface area (Å²) in [4.78, 5) is 29.3. The van der Waals surface area contributed by atoms with Crippen molar-refractivity contribution in [3.63, 3.8) is 0 Å². The summed E-state index contributed by atoms with van der Waals surface area (Å²) in [6, 6.07) is 10.5. The molecule has 3 rings (SSSR count). The number of carbonyl (C=O) groups excluding carboxylic acids is 2. The van der Waals surface area contributed by atoms with Crippen molar-refractivity contribution in [2.45, 2.75) is 51.1 Å². The van der Waals surface area contributed by atoms with Crippen molar-refractivity contribution < 1.29 is 19.1 Å². The number of nitrogens with zero attached hydrogens (tertiary/aromatic N) is 1. The summed E-state index contributed by atoms with van der Waals surface area (Å²) in [5, 5.41) is 5.09. The van der Waals surface area contributed by atoms with Crippen molar-refractivity contribution in [2.75, 3.05) is 26.9 Å². The first-order chi connectivity index (χ1) is 15.2. The Balaban J connectivity index is 1.99. The Bertz CT molecular complexity index is 834. The molecule has 1 aromatic carbocycles. The number of amides is 2. The average Bonchev–Trinajstić information content (AvgIpc) is 3.33. The molecule has 1 aliphatic carbocycles. The molecule has 1 atom stereocenters. The van der Waals surface area contributed by atoms with Crippen LogP contribution in [-0.4, -0.2) is 49.6 Å². The van der Waals surface area contributed by atoms with Gasteiger partial charge in [0.15, 0.2) is 0 Å². The first kappa shape index (κ1) is 23.3. The lowest BCUT2D eigenvalue weighted by Crippen LogP contribution is -2.48. The van der Waals surface area contributed by atoms with Crippen LogP contribution in [0.4, 0.5) is 0 Å². The van der Waals surface area contributed by atoms with E-state index in [1.54, 1.807) is 18.1 Å². The number of ether oxygens (including phenoxy) is 2. The number of hydrogen-bond donors (Lipinski definition) is 1. The second kappa shape index (κ2) is 11.9. The van der Waals surface area contributed by atoms with Crippen molar-refractivity contribution in [2.24, 2.45) is 0 Å². The van der Waals surface area contributed by atoms with Gasteiger partial charge in [-0.25, -0.2) is 0 Å². The fourth-order valence-electron chi connectivity index (χ4n) is 4.05. The van der Waals surface area contributed by atoms with Gasteiger partial charge in [0.2, 0.25) is 5.91 Å². The minimum Gasteiger partial charge on any atom is -0.494 e. The second-order valence-electron chi connectivity index (χ2n) is 7.69. The summed E-state index contributed by atoms with van der Waals surface area (Å²) in [5.74, 6) is 0.275. The molecule has 1 heterocycles. The first-order valence-electron chi connectivity index (χ1n) is 11.0. The highest BCUT2D eigenvalue weighted by Gasteiger charge is 2.35. The van der Waals surface area contributed by atoms with Gasteiger partial charge in [-0.2, -0.15) is 0 Å². The third-order valence-electron chi connectivity index (χ3n) is 5.55. The smallest absolute Gasteiger partial charge is 0.264 e. The van der Waals surface area contributed by atoms with E-state index < -0.39 is 6.04 Å². The van der Waals surface area contributed by atoms with E-state index in [2.05, 4.69) is 5.32 Å². The predicted molar refractivity (Wildman–Crippen MR) is 123 cm³/mol. The van der Waals surface area contributed by atoms with E-state index in [1.165, 1.54) is 17.8 Å². The highest BCUT2D eigenvalue weighted by Crippen LogP contribution is 2.32. The molecular weight excluding hydrogens is 412 g/mol. The molecule has 1 saturated carbocycles. The van der Waals surface area contributed by atoms with Gasteiger partial charge in [0.25, 0.3) is 5.91 Å². The van der Waals surface area contributed by atoms with Crippen molar-refractivity contribution in [1.29, 1.82) is 0 Å². The van der Waals surface area contributed by atoms with Crippen LogP contribution in [0.5, 0.6) is 5.75 Å². The molecule has 0 saturated heterocycles. The van der Waals surface area contributed by atoms with Gasteiger partial charge in [-0.3, -0.25) is 9.59 Å². The maximum absolute atomic E-state index is 13.6. The van der Waals surface area contributed by atoms with Gasteiger partial charge < -0.3 is 19.7 Å². The summed E-state index contributed by atoms with van der Waals surface area (Å²) in [5.41, 5.74) is 0.693. The number of methoxy groups -OCH3 is 1. The predicted octanol–water partition coefficient (Wildman–Crippen LogP) is 4.43. The Hall–Kier alpha value is -2.38. The molecular formula is C24H32N2O4S. The van der Waals surface area contributed by atoms with E-state index in [4.69, 9.17) is 9.47 Å². The van der Waals surface area contributed by atoms with E-state index in [1.807, 2.05) is 42.6 Å². The first-order valence-corrected chi connectivity index (χ1v) is 11.9. The molecule has 1 unspecified atom stereocenters. The minimum absolute atomic E-state index is 0.143. The molecule has 1 aliphatic rings. The zero-order valence-electron chi connectivity index (χ0n) is 18.3. The van der Waals surface area contributed by atoms with Crippen LogP contribution in [0.3, 0.4) is 0 Å². The standard InChI is InChI=1S/C24H32N2O4S/c1-3-30-20-13-8-7-12-19(20)22(23(27)25-18-10-5-4-6-11-18)26(15-16-29-2)24(28)21-14-9-17-31-21/h7-9,12-14,17-18,22H,3-6,10-11,15-16H2,1-2H3,(H,25,27). The topological polar surface area (TPSA) is 67.9 Å². The number of hydrogen-bond acceptors (Lipinski definition) is 5. The van der Waals surface area contributed by atoms with Crippen molar-refractivity contribution >= 4 is 23.2 Å². The number of carbonyl (C=O) groups is 2. The van der Waals surface area contributed by atoms with Gasteiger partial charge >= 0.3 is 0 Å². The third kappa shape index (κ3) is 6.08. The quantitative estimate of drug-likeness (QED) is 0.589. The highest BCUT2D eigenvalue weighted by atomic mass is 32.1. The molecule has 0 radical (unpaired) electrons. The molecule has 1 aromatic heterocycles. The van der Waals surface area contributed by atoms with Crippen molar-refractivity contribution in [3.05, 3.63) is 52.2 Å². The number of benzene rings is 1. The lowest BCUT2D eigenvalue weighted by molar-refractivity contribution is -0.127. The van der Waals surface area contributed by atoms with Crippen LogP contribution in [0.15, 0.2) is 41.8 Å². The maximum atomic E-state index is 13.6. The van der Waals surface area contributed by atoms with Gasteiger partial charge in [-0.15, -0.1) is 11.3 Å². The minimum atomic E-state index is -0.797. The van der Waals surface area contributed by atoms with Crippen LogP contribution in [0.2, 0.25) is 0 Å². The van der Waals surface area contributed by atoms with E-state index >= 15 is 0 Å². The van der Waals surface area contributed by atoms with Crippen LogP contribution in [0.25, 0.3) is 0 Å². The molecule has 0 spiro atoms. The van der Waals surface area contributed by atoms with E-state index in [9.17, 15) is 9.59 Å². The van der Waals surface area contributed by atoms with Crippen molar-refractivity contribution in [3.8, 4) is 5.75 Å². The normalized spacial score (nSPS) is 15.3. The average molecular weight is 445 g/mol. The number of para-hydroxylation sites is 1. The maximum Gasteiger partial charge on any atom is 0.264 e. The summed E-state index contributed by atoms with van der Waals surface area (Å²) < 4.78 is 11.1. The van der Waals surface area contributed by atoms with Crippen LogP contribution in [0.1, 0.15) is 60.3 Å². The summed E-state index contributed by atoms with van der Waals surface area (Å²) in [6.45, 7) is 3.02. The molecule has 0 aliphatic heterocycles. The van der Waals surface area contributed by atoms with Gasteiger partial charge in [0.05, 0.1) is 18.1 Å². The molecule has 6 nitrogen and oxygen atoms in total. The number of thiophene rings is 1. The third-order valence-corrected chi connectivity index (χ3v) is 6.41. The zero-order valence-corrected chi connectivity index (χ0v) is 19.2. The Morgan fingerprint density at radius 2 is 1.94 bits per heavy atom. The number of rotatable bonds is 10. The molecule has 1 fully saturated rings. The largest absolute Gasteiger partial charge is 0.494 e. The lowest BCUT2D eigenvalue weighted by Gasteiger charge is -2.33. The Kier molecular flexibility index (Phi) is 8.91. The van der Waals surface area contributed by atoms with E-state index in [0.717, 1.165) is 25.7 Å². The van der Waals surface area contributed by atoms with Gasteiger partial charge in [-0.1, -0.05) is 43.5 Å². The van der Waals surface area contributed by atoms with Crippen LogP contribution >= 0.6 is 11.3 Å². The molecule has 2 amide bonds. The fraction of sp³-hybridized carbons (Fsp3) is 0.500. The summed E-state index contributed by atoms with van der Waals surface area (Å²) in [7, 11) is 1.60. The van der Waals surface area contributed by atoms with Crippen LogP contribution < -0.4 is 10.1 Å². The molecule has 2 aromatic rings. The van der Waals surface area contributed by atoms with Gasteiger partial charge in [-0.05, 0) is 37.3 Å². The van der Waals surface area contributed by atoms with Crippen LogP contribution in [0, 0.1) is 0 Å². The molecule has 31 heavy (non-hydrogen) atoms. The van der Waals surface area contributed by atoms with Crippen molar-refractivity contribution in [1.82, 2.24) is 10.2 Å². The Morgan fingerprint density at radius 1 is 1.16 bits per heavy atom. The molecule has 168 valence electrons. The summed E-state index contributed by atoms with van der Waals surface area (Å²) in [6.07, 6.45) is 5.39. The monoisotopic (exact) mass is 444 g/mol. The fourth-order valence-corrected chi connectivity index (χ4v) is 4.73. The molecule has 1 N–H and O–H groups in total. The molecule has 0 bridgehead atoms. The zero-order chi connectivity index (χ0) is 22.1. The van der Waals surface area contributed by atoms with E-state index in [0.29, 0.717) is 35.9 Å². The lowest BCUT2D eigenvalue weighted by atomic mass is 9.94. The van der Waals surface area contributed by atoms with Gasteiger partial charge in [0.1, 0.15) is 11.8 Å². The van der Waals surface area contributed by atoms with Gasteiger partial charge in [0, 0.05) is 25.3 Å². The number of nitrogens with one attached hydrogen (secondary N) is 1. The SMILES string of the molecule is CCOc1ccccc1C(C(=O)NC1CCCCC1)N(CCOC)C(=O)c1cccs1. The highest BCUT2D eigenvalue weighted by molar-refractivity contribution is 7.12. The Labute approximate surface area is 188 Å². The second-order valence-corrected chi connectivity index (χ2v) is 8.63.